The predicted octanol–water partition coefficient (Wildman–Crippen LogP) is 4.53. The fourth-order valence-corrected chi connectivity index (χ4v) is 3.93. The highest BCUT2D eigenvalue weighted by Gasteiger charge is 2.17. The third-order valence-electron chi connectivity index (χ3n) is 5.58. The first-order valence-electron chi connectivity index (χ1n) is 10.6. The molecule has 0 bridgehead atoms. The number of hydrogen-bond donors (Lipinski definition) is 1. The average Bonchev–Trinajstić information content (AvgIpc) is 2.83. The lowest BCUT2D eigenvalue weighted by molar-refractivity contribution is 0.0529. The van der Waals surface area contributed by atoms with Gasteiger partial charge in [-0.05, 0) is 41.8 Å². The minimum Gasteiger partial charge on any atom is -0.375 e. The van der Waals surface area contributed by atoms with Crippen molar-refractivity contribution < 1.29 is 4.74 Å². The molecule has 1 unspecified atom stereocenters. The van der Waals surface area contributed by atoms with E-state index >= 15 is 0 Å². The number of rotatable bonds is 5. The van der Waals surface area contributed by atoms with Crippen molar-refractivity contribution in [3.05, 3.63) is 78.8 Å². The summed E-state index contributed by atoms with van der Waals surface area (Å²) < 4.78 is 5.62. The smallest absolute Gasteiger partial charge is 0.137 e. The number of aromatic nitrogens is 3. The average molecular weight is 412 g/mol. The fourth-order valence-electron chi connectivity index (χ4n) is 3.93. The molecule has 0 saturated carbocycles. The fraction of sp³-hybridized carbons (Fsp3) is 0.240. The van der Waals surface area contributed by atoms with Crippen molar-refractivity contribution >= 4 is 22.5 Å². The molecule has 6 nitrogen and oxygen atoms in total. The molecule has 1 fully saturated rings. The lowest BCUT2D eigenvalue weighted by atomic mass is 10.0. The Morgan fingerprint density at radius 2 is 1.90 bits per heavy atom. The van der Waals surface area contributed by atoms with Crippen molar-refractivity contribution in [2.45, 2.75) is 19.6 Å². The Bertz CT molecular complexity index is 1160. The Hall–Kier alpha value is -3.51. The highest BCUT2D eigenvalue weighted by molar-refractivity contribution is 5.91. The molecule has 2 aromatic carbocycles. The molecule has 2 aromatic heterocycles. The van der Waals surface area contributed by atoms with Crippen LogP contribution >= 0.6 is 0 Å². The number of ether oxygens (including phenoxy) is 1. The number of benzene rings is 2. The Morgan fingerprint density at radius 1 is 1.00 bits per heavy atom. The van der Waals surface area contributed by atoms with E-state index < -0.39 is 0 Å². The standard InChI is InChI=1S/C25H25N5O/c1-18-16-30(11-12-31-18)24-10-7-19(14-26-24)15-27-25-22-9-8-21(13-23(22)28-17-29-25)20-5-3-2-4-6-20/h2-10,13-14,17-18H,11-12,15-16H2,1H3,(H,27,28,29). The van der Waals surface area contributed by atoms with Crippen molar-refractivity contribution in [2.24, 2.45) is 0 Å². The molecular formula is C25H25N5O. The van der Waals surface area contributed by atoms with Crippen LogP contribution in [0.3, 0.4) is 0 Å². The number of nitrogens with one attached hydrogen (secondary N) is 1. The van der Waals surface area contributed by atoms with Gasteiger partial charge in [0.2, 0.25) is 0 Å². The number of nitrogens with zero attached hydrogens (tertiary/aromatic N) is 4. The minimum atomic E-state index is 0.241. The summed E-state index contributed by atoms with van der Waals surface area (Å²) in [6.07, 6.45) is 3.78. The van der Waals surface area contributed by atoms with E-state index in [-0.39, 0.29) is 6.10 Å². The van der Waals surface area contributed by atoms with Crippen LogP contribution in [-0.2, 0) is 11.3 Å². The summed E-state index contributed by atoms with van der Waals surface area (Å²) in [5.41, 5.74) is 4.36. The highest BCUT2D eigenvalue weighted by Crippen LogP contribution is 2.26. The Kier molecular flexibility index (Phi) is 5.46. The van der Waals surface area contributed by atoms with Crippen molar-refractivity contribution in [1.29, 1.82) is 0 Å². The van der Waals surface area contributed by atoms with Crippen LogP contribution in [0.4, 0.5) is 11.6 Å². The first-order valence-corrected chi connectivity index (χ1v) is 10.6. The summed E-state index contributed by atoms with van der Waals surface area (Å²) >= 11 is 0. The second kappa shape index (κ2) is 8.70. The molecule has 0 amide bonds. The number of pyridine rings is 1. The van der Waals surface area contributed by atoms with E-state index in [2.05, 4.69) is 74.6 Å². The Balaban J connectivity index is 1.30. The summed E-state index contributed by atoms with van der Waals surface area (Å²) in [7, 11) is 0. The molecule has 156 valence electrons. The van der Waals surface area contributed by atoms with Gasteiger partial charge < -0.3 is 15.0 Å². The lowest BCUT2D eigenvalue weighted by Crippen LogP contribution is -2.41. The van der Waals surface area contributed by atoms with Crippen LogP contribution in [0.25, 0.3) is 22.0 Å². The third-order valence-corrected chi connectivity index (χ3v) is 5.58. The topological polar surface area (TPSA) is 63.2 Å². The zero-order valence-corrected chi connectivity index (χ0v) is 17.5. The SMILES string of the molecule is CC1CN(c2ccc(CNc3ncnc4cc(-c5ccccc5)ccc34)cn2)CCO1. The van der Waals surface area contributed by atoms with E-state index in [4.69, 9.17) is 4.74 Å². The van der Waals surface area contributed by atoms with E-state index in [1.165, 1.54) is 5.56 Å². The van der Waals surface area contributed by atoms with Crippen LogP contribution in [0.15, 0.2) is 73.2 Å². The molecule has 1 N–H and O–H groups in total. The summed E-state index contributed by atoms with van der Waals surface area (Å²) in [4.78, 5) is 15.9. The van der Waals surface area contributed by atoms with Gasteiger partial charge in [0.05, 0.1) is 18.2 Å². The van der Waals surface area contributed by atoms with E-state index in [9.17, 15) is 0 Å². The monoisotopic (exact) mass is 411 g/mol. The van der Waals surface area contributed by atoms with Gasteiger partial charge in [-0.1, -0.05) is 42.5 Å². The largest absolute Gasteiger partial charge is 0.375 e. The zero-order chi connectivity index (χ0) is 21.0. The van der Waals surface area contributed by atoms with Crippen molar-refractivity contribution in [2.75, 3.05) is 29.9 Å². The van der Waals surface area contributed by atoms with E-state index in [1.807, 2.05) is 24.4 Å². The number of fused-ring (bicyclic) bond motifs is 1. The maximum absolute atomic E-state index is 5.62. The van der Waals surface area contributed by atoms with E-state index in [1.54, 1.807) is 6.33 Å². The Morgan fingerprint density at radius 3 is 2.71 bits per heavy atom. The summed E-state index contributed by atoms with van der Waals surface area (Å²) in [5.74, 6) is 1.83. The van der Waals surface area contributed by atoms with Gasteiger partial charge in [0, 0.05) is 31.2 Å². The number of hydrogen-bond acceptors (Lipinski definition) is 6. The molecule has 5 rings (SSSR count). The molecule has 3 heterocycles. The van der Waals surface area contributed by atoms with Gasteiger partial charge in [0.25, 0.3) is 0 Å². The molecule has 1 aliphatic heterocycles. The van der Waals surface area contributed by atoms with Gasteiger partial charge in [0.1, 0.15) is 18.0 Å². The molecular weight excluding hydrogens is 386 g/mol. The van der Waals surface area contributed by atoms with Crippen molar-refractivity contribution in [3.63, 3.8) is 0 Å². The predicted molar refractivity (Wildman–Crippen MR) is 124 cm³/mol. The minimum absolute atomic E-state index is 0.241. The quantitative estimate of drug-likeness (QED) is 0.521. The molecule has 0 aliphatic carbocycles. The zero-order valence-electron chi connectivity index (χ0n) is 17.5. The summed E-state index contributed by atoms with van der Waals surface area (Å²) in [5, 5.41) is 4.45. The van der Waals surface area contributed by atoms with Crippen LogP contribution in [-0.4, -0.2) is 40.8 Å². The molecule has 1 saturated heterocycles. The van der Waals surface area contributed by atoms with E-state index in [0.717, 1.165) is 53.4 Å². The van der Waals surface area contributed by atoms with Gasteiger partial charge >= 0.3 is 0 Å². The van der Waals surface area contributed by atoms with Crippen LogP contribution < -0.4 is 10.2 Å². The van der Waals surface area contributed by atoms with Crippen LogP contribution in [0.1, 0.15) is 12.5 Å². The molecule has 31 heavy (non-hydrogen) atoms. The molecule has 4 aromatic rings. The second-order valence-corrected chi connectivity index (χ2v) is 7.83. The highest BCUT2D eigenvalue weighted by atomic mass is 16.5. The second-order valence-electron chi connectivity index (χ2n) is 7.83. The van der Waals surface area contributed by atoms with Crippen LogP contribution in [0.5, 0.6) is 0 Å². The molecule has 1 aliphatic rings. The molecule has 0 spiro atoms. The van der Waals surface area contributed by atoms with Gasteiger partial charge in [-0.25, -0.2) is 15.0 Å². The normalized spacial score (nSPS) is 16.4. The first-order chi connectivity index (χ1) is 15.3. The molecule has 1 atom stereocenters. The Labute approximate surface area is 181 Å². The molecule has 6 heteroatoms. The third kappa shape index (κ3) is 4.34. The molecule has 0 radical (unpaired) electrons. The lowest BCUT2D eigenvalue weighted by Gasteiger charge is -2.32. The summed E-state index contributed by atoms with van der Waals surface area (Å²) in [6.45, 7) is 5.26. The van der Waals surface area contributed by atoms with Gasteiger partial charge in [0.15, 0.2) is 0 Å². The van der Waals surface area contributed by atoms with Crippen LogP contribution in [0.2, 0.25) is 0 Å². The first kappa shape index (κ1) is 19.5. The number of morpholine rings is 1. The van der Waals surface area contributed by atoms with Crippen molar-refractivity contribution in [1.82, 2.24) is 15.0 Å². The van der Waals surface area contributed by atoms with Gasteiger partial charge in [-0.15, -0.1) is 0 Å². The maximum Gasteiger partial charge on any atom is 0.137 e. The number of anilines is 2. The van der Waals surface area contributed by atoms with Crippen LogP contribution in [0, 0.1) is 0 Å². The van der Waals surface area contributed by atoms with E-state index in [0.29, 0.717) is 6.54 Å². The maximum atomic E-state index is 5.62. The van der Waals surface area contributed by atoms with Gasteiger partial charge in [-0.2, -0.15) is 0 Å². The van der Waals surface area contributed by atoms with Crippen molar-refractivity contribution in [3.8, 4) is 11.1 Å². The summed E-state index contributed by atoms with van der Waals surface area (Å²) in [6, 6.07) is 20.8. The van der Waals surface area contributed by atoms with Gasteiger partial charge in [-0.3, -0.25) is 0 Å².